The zero-order valence-corrected chi connectivity index (χ0v) is 24.5. The van der Waals surface area contributed by atoms with Crippen molar-refractivity contribution < 1.29 is 22.6 Å². The molecule has 1 heterocycles. The summed E-state index contributed by atoms with van der Waals surface area (Å²) in [5.41, 5.74) is 3.51. The average Bonchev–Trinajstić information content (AvgIpc) is 2.99. The number of ether oxygens (including phenoxy) is 2. The van der Waals surface area contributed by atoms with Gasteiger partial charge in [-0.3, -0.25) is 4.21 Å². The number of hydrogen-bond acceptors (Lipinski definition) is 6. The highest BCUT2D eigenvalue weighted by Gasteiger charge is 2.30. The molecule has 212 valence electrons. The van der Waals surface area contributed by atoms with Crippen molar-refractivity contribution in [1.29, 1.82) is 0 Å². The van der Waals surface area contributed by atoms with Crippen LogP contribution in [0.2, 0.25) is 5.02 Å². The maximum atomic E-state index is 15.2. The van der Waals surface area contributed by atoms with Gasteiger partial charge in [0.05, 0.1) is 36.0 Å². The highest BCUT2D eigenvalue weighted by atomic mass is 35.5. The molecular formula is C30H32ClF2N3O3S. The van der Waals surface area contributed by atoms with Crippen LogP contribution in [0.4, 0.5) is 20.4 Å². The Morgan fingerprint density at radius 2 is 1.70 bits per heavy atom. The van der Waals surface area contributed by atoms with Crippen LogP contribution in [0.3, 0.4) is 0 Å². The molecule has 0 aliphatic heterocycles. The van der Waals surface area contributed by atoms with Gasteiger partial charge in [-0.15, -0.1) is 4.48 Å². The van der Waals surface area contributed by atoms with Gasteiger partial charge in [0.25, 0.3) is 0 Å². The van der Waals surface area contributed by atoms with Gasteiger partial charge < -0.3 is 14.8 Å². The highest BCUT2D eigenvalue weighted by Crippen LogP contribution is 2.40. The van der Waals surface area contributed by atoms with E-state index in [2.05, 4.69) is 10.3 Å². The molecule has 0 radical (unpaired) electrons. The lowest BCUT2D eigenvalue weighted by atomic mass is 9.99. The lowest BCUT2D eigenvalue weighted by Gasteiger charge is -2.23. The average molecular weight is 588 g/mol. The van der Waals surface area contributed by atoms with Crippen LogP contribution in [-0.4, -0.2) is 23.4 Å². The van der Waals surface area contributed by atoms with Crippen LogP contribution >= 0.6 is 11.6 Å². The van der Waals surface area contributed by atoms with E-state index in [0.717, 1.165) is 5.56 Å². The third-order valence-corrected chi connectivity index (χ3v) is 7.93. The molecule has 40 heavy (non-hydrogen) atoms. The Morgan fingerprint density at radius 3 is 2.35 bits per heavy atom. The van der Waals surface area contributed by atoms with E-state index in [9.17, 15) is 8.69 Å². The number of hydrogen-bond donors (Lipinski definition) is 2. The smallest absolute Gasteiger partial charge is 0.161 e. The fraction of sp³-hybridized carbons (Fsp3) is 0.233. The first-order valence-corrected chi connectivity index (χ1v) is 14.2. The van der Waals surface area contributed by atoms with Crippen molar-refractivity contribution in [3.63, 3.8) is 0 Å². The lowest BCUT2D eigenvalue weighted by molar-refractivity contribution is 0.354. The number of benzene rings is 3. The monoisotopic (exact) mass is 587 g/mol. The summed E-state index contributed by atoms with van der Waals surface area (Å²) in [7, 11) is 1.32. The van der Waals surface area contributed by atoms with Crippen molar-refractivity contribution in [2.24, 2.45) is 0 Å². The fourth-order valence-electron chi connectivity index (χ4n) is 4.07. The first kappa shape index (κ1) is 30.8. The van der Waals surface area contributed by atoms with E-state index in [0.29, 0.717) is 44.9 Å². The summed E-state index contributed by atoms with van der Waals surface area (Å²) in [5, 5.41) is 2.68. The first-order valence-electron chi connectivity index (χ1n) is 12.6. The molecule has 0 fully saturated rings. The number of aromatic nitrogens is 1. The Balaban J connectivity index is 0.00000216. The van der Waals surface area contributed by atoms with Gasteiger partial charge >= 0.3 is 0 Å². The summed E-state index contributed by atoms with van der Waals surface area (Å²) in [6, 6.07) is 17.7. The van der Waals surface area contributed by atoms with Gasteiger partial charge in [-0.25, -0.2) is 14.9 Å². The molecule has 0 bridgehead atoms. The van der Waals surface area contributed by atoms with Crippen LogP contribution < -0.4 is 20.3 Å². The van der Waals surface area contributed by atoms with Gasteiger partial charge in [0.15, 0.2) is 11.5 Å². The van der Waals surface area contributed by atoms with Crippen molar-refractivity contribution in [3.8, 4) is 11.5 Å². The van der Waals surface area contributed by atoms with Crippen LogP contribution in [0.5, 0.6) is 11.5 Å². The Hall–Kier alpha value is -3.69. The Bertz CT molecular complexity index is 1460. The molecule has 3 aromatic carbocycles. The van der Waals surface area contributed by atoms with Gasteiger partial charge in [0.2, 0.25) is 0 Å². The minimum absolute atomic E-state index is 0.0524. The molecule has 10 heteroatoms. The minimum atomic E-state index is -1.81. The SMILES string of the molecule is CC.COc1ccc(CNc2cc(C(c3c(F)cccc3NF)S(=O)c3ccc(Cl)cc3)c(C)cn2)cc1OC. The maximum absolute atomic E-state index is 15.2. The predicted octanol–water partition coefficient (Wildman–Crippen LogP) is 8.03. The number of methoxy groups -OCH3 is 2. The summed E-state index contributed by atoms with van der Waals surface area (Å²) in [6.07, 6.45) is 1.61. The molecule has 2 atom stereocenters. The van der Waals surface area contributed by atoms with Crippen LogP contribution in [0.25, 0.3) is 0 Å². The molecular weight excluding hydrogens is 556 g/mol. The molecule has 4 aromatic rings. The number of aryl methyl sites for hydroxylation is 1. The van der Waals surface area contributed by atoms with Gasteiger partial charge in [-0.2, -0.15) is 0 Å². The minimum Gasteiger partial charge on any atom is -0.493 e. The van der Waals surface area contributed by atoms with Gasteiger partial charge in [-0.1, -0.05) is 37.6 Å². The van der Waals surface area contributed by atoms with E-state index in [1.165, 1.54) is 18.2 Å². The van der Waals surface area contributed by atoms with Crippen molar-refractivity contribution in [2.45, 2.75) is 37.5 Å². The Labute approximate surface area is 241 Å². The molecule has 2 N–H and O–H groups in total. The van der Waals surface area contributed by atoms with E-state index in [4.69, 9.17) is 21.1 Å². The molecule has 0 aliphatic rings. The molecule has 4 rings (SSSR count). The van der Waals surface area contributed by atoms with E-state index < -0.39 is 21.9 Å². The van der Waals surface area contributed by atoms with Crippen LogP contribution in [0.15, 0.2) is 77.8 Å². The zero-order chi connectivity index (χ0) is 29.2. The van der Waals surface area contributed by atoms with Gasteiger partial charge in [-0.05, 0) is 78.2 Å². The molecule has 0 saturated carbocycles. The predicted molar refractivity (Wildman–Crippen MR) is 158 cm³/mol. The standard InChI is InChI=1S/C28H26ClF2N3O3S.C2H6/c1-17-15-32-26(33-16-18-7-12-24(36-2)25(13-18)37-3)14-21(17)28(27-22(30)5-4-6-23(27)34-31)38(35)20-10-8-19(29)9-11-20;1-2/h4-15,28,34H,16H2,1-3H3,(H,32,33);1-2H3. The molecule has 2 unspecified atom stereocenters. The van der Waals surface area contributed by atoms with Gasteiger partial charge in [0, 0.05) is 28.2 Å². The normalized spacial score (nSPS) is 12.0. The third kappa shape index (κ3) is 7.08. The van der Waals surface area contributed by atoms with Crippen LogP contribution in [0, 0.1) is 12.7 Å². The Morgan fingerprint density at radius 1 is 1.00 bits per heavy atom. The number of anilines is 2. The van der Waals surface area contributed by atoms with E-state index in [1.807, 2.05) is 26.0 Å². The third-order valence-electron chi connectivity index (χ3n) is 6.03. The summed E-state index contributed by atoms with van der Waals surface area (Å²) < 4.78 is 53.6. The molecule has 6 nitrogen and oxygen atoms in total. The highest BCUT2D eigenvalue weighted by molar-refractivity contribution is 7.85. The summed E-state index contributed by atoms with van der Waals surface area (Å²) >= 11 is 6.02. The maximum Gasteiger partial charge on any atom is 0.161 e. The second-order valence-corrected chi connectivity index (χ2v) is 10.4. The second kappa shape index (κ2) is 14.6. The summed E-state index contributed by atoms with van der Waals surface area (Å²) in [5.74, 6) is 0.996. The molecule has 0 spiro atoms. The van der Waals surface area contributed by atoms with Crippen molar-refractivity contribution in [1.82, 2.24) is 4.98 Å². The summed E-state index contributed by atoms with van der Waals surface area (Å²) in [4.78, 5) is 4.87. The van der Waals surface area contributed by atoms with Crippen molar-refractivity contribution in [2.75, 3.05) is 25.1 Å². The molecule has 0 amide bonds. The van der Waals surface area contributed by atoms with E-state index in [-0.39, 0.29) is 11.3 Å². The lowest BCUT2D eigenvalue weighted by Crippen LogP contribution is -2.15. The number of rotatable bonds is 10. The number of nitrogens with one attached hydrogen (secondary N) is 2. The van der Waals surface area contributed by atoms with Crippen molar-refractivity contribution in [3.05, 3.63) is 106 Å². The number of pyridine rings is 1. The fourth-order valence-corrected chi connectivity index (χ4v) is 5.81. The van der Waals surface area contributed by atoms with Crippen LogP contribution in [0.1, 0.15) is 41.4 Å². The van der Waals surface area contributed by atoms with E-state index in [1.54, 1.807) is 69.3 Å². The summed E-state index contributed by atoms with van der Waals surface area (Å²) in [6.45, 7) is 6.19. The first-order chi connectivity index (χ1) is 19.4. The number of halogens is 3. The van der Waals surface area contributed by atoms with E-state index >= 15 is 4.39 Å². The quantitative estimate of drug-likeness (QED) is 0.183. The largest absolute Gasteiger partial charge is 0.493 e. The van der Waals surface area contributed by atoms with Crippen LogP contribution in [-0.2, 0) is 17.3 Å². The second-order valence-electron chi connectivity index (χ2n) is 8.40. The Kier molecular flexibility index (Phi) is 11.3. The van der Waals surface area contributed by atoms with Crippen molar-refractivity contribution >= 4 is 33.9 Å². The molecule has 0 saturated heterocycles. The molecule has 0 aliphatic carbocycles. The molecule has 1 aromatic heterocycles. The zero-order valence-electron chi connectivity index (χ0n) is 22.9. The van der Waals surface area contributed by atoms with Gasteiger partial charge in [0.1, 0.15) is 11.6 Å². The number of nitrogens with zero attached hydrogens (tertiary/aromatic N) is 1. The topological polar surface area (TPSA) is 72.5 Å².